The van der Waals surface area contributed by atoms with Crippen molar-refractivity contribution >= 4 is 17.5 Å². The van der Waals surface area contributed by atoms with Crippen molar-refractivity contribution < 1.29 is 4.79 Å². The summed E-state index contributed by atoms with van der Waals surface area (Å²) in [4.78, 5) is 23.3. The SMILES string of the molecule is Cc1cc(N2CCCCC2)nc(CNC(=O)Nc2ccccc2)n1. The Morgan fingerprint density at radius 3 is 2.62 bits per heavy atom. The van der Waals surface area contributed by atoms with Crippen LogP contribution in [0.15, 0.2) is 36.4 Å². The molecule has 0 bridgehead atoms. The maximum Gasteiger partial charge on any atom is 0.319 e. The number of piperidine rings is 1. The van der Waals surface area contributed by atoms with Crippen molar-refractivity contribution in [1.29, 1.82) is 0 Å². The van der Waals surface area contributed by atoms with Crippen molar-refractivity contribution in [2.75, 3.05) is 23.3 Å². The lowest BCUT2D eigenvalue weighted by Crippen LogP contribution is -2.32. The monoisotopic (exact) mass is 325 g/mol. The molecule has 0 aliphatic carbocycles. The molecular formula is C18H23N5O. The number of aromatic nitrogens is 2. The van der Waals surface area contributed by atoms with E-state index in [9.17, 15) is 4.79 Å². The van der Waals surface area contributed by atoms with Crippen LogP contribution < -0.4 is 15.5 Å². The van der Waals surface area contributed by atoms with Crippen LogP contribution in [0, 0.1) is 6.92 Å². The molecule has 126 valence electrons. The van der Waals surface area contributed by atoms with Crippen LogP contribution in [-0.4, -0.2) is 29.1 Å². The van der Waals surface area contributed by atoms with Gasteiger partial charge in [0.25, 0.3) is 0 Å². The Bertz CT molecular complexity index is 683. The molecule has 3 rings (SSSR count). The van der Waals surface area contributed by atoms with Crippen molar-refractivity contribution in [3.05, 3.63) is 47.9 Å². The summed E-state index contributed by atoms with van der Waals surface area (Å²) in [6.45, 7) is 4.35. The molecule has 1 aromatic carbocycles. The van der Waals surface area contributed by atoms with Gasteiger partial charge in [-0.1, -0.05) is 18.2 Å². The lowest BCUT2D eigenvalue weighted by Gasteiger charge is -2.28. The van der Waals surface area contributed by atoms with Crippen LogP contribution in [0.5, 0.6) is 0 Å². The van der Waals surface area contributed by atoms with Crippen molar-refractivity contribution in [3.63, 3.8) is 0 Å². The quantitative estimate of drug-likeness (QED) is 0.906. The summed E-state index contributed by atoms with van der Waals surface area (Å²) in [5.41, 5.74) is 1.68. The first-order valence-corrected chi connectivity index (χ1v) is 8.40. The van der Waals surface area contributed by atoms with Crippen LogP contribution in [0.2, 0.25) is 0 Å². The number of amides is 2. The molecule has 0 atom stereocenters. The van der Waals surface area contributed by atoms with Gasteiger partial charge in [0.15, 0.2) is 0 Å². The standard InChI is InChI=1S/C18H23N5O/c1-14-12-17(23-10-6-3-7-11-23)22-16(20-14)13-19-18(24)21-15-8-4-2-5-9-15/h2,4-5,8-9,12H,3,6-7,10-11,13H2,1H3,(H2,19,21,24). The van der Waals surface area contributed by atoms with Gasteiger partial charge in [0, 0.05) is 30.5 Å². The molecule has 24 heavy (non-hydrogen) atoms. The van der Waals surface area contributed by atoms with Gasteiger partial charge in [-0.2, -0.15) is 0 Å². The number of nitrogens with zero attached hydrogens (tertiary/aromatic N) is 3. The molecule has 2 amide bonds. The smallest absolute Gasteiger partial charge is 0.319 e. The number of rotatable bonds is 4. The normalized spacial score (nSPS) is 14.3. The Labute approximate surface area is 142 Å². The Balaban J connectivity index is 1.60. The summed E-state index contributed by atoms with van der Waals surface area (Å²) < 4.78 is 0. The lowest BCUT2D eigenvalue weighted by molar-refractivity contribution is 0.251. The third-order valence-electron chi connectivity index (χ3n) is 4.01. The molecule has 2 N–H and O–H groups in total. The van der Waals surface area contributed by atoms with Crippen LogP contribution in [-0.2, 0) is 6.54 Å². The van der Waals surface area contributed by atoms with Gasteiger partial charge >= 0.3 is 6.03 Å². The van der Waals surface area contributed by atoms with Crippen molar-refractivity contribution in [3.8, 4) is 0 Å². The molecule has 2 aromatic rings. The number of carbonyl (C=O) groups is 1. The molecule has 6 nitrogen and oxygen atoms in total. The summed E-state index contributed by atoms with van der Waals surface area (Å²) in [7, 11) is 0. The number of hydrogen-bond acceptors (Lipinski definition) is 4. The molecule has 0 saturated carbocycles. The van der Waals surface area contributed by atoms with E-state index in [2.05, 4.69) is 25.5 Å². The molecule has 0 spiro atoms. The molecule has 2 heterocycles. The molecular weight excluding hydrogens is 302 g/mol. The number of urea groups is 1. The summed E-state index contributed by atoms with van der Waals surface area (Å²) in [5, 5.41) is 5.60. The lowest BCUT2D eigenvalue weighted by atomic mass is 10.1. The van der Waals surface area contributed by atoms with Crippen molar-refractivity contribution in [2.24, 2.45) is 0 Å². The number of nitrogens with one attached hydrogen (secondary N) is 2. The largest absolute Gasteiger partial charge is 0.357 e. The predicted octanol–water partition coefficient (Wildman–Crippen LogP) is 3.10. The summed E-state index contributed by atoms with van der Waals surface area (Å²) >= 11 is 0. The summed E-state index contributed by atoms with van der Waals surface area (Å²) in [6.07, 6.45) is 3.70. The molecule has 1 aliphatic heterocycles. The third kappa shape index (κ3) is 4.44. The first-order chi connectivity index (χ1) is 11.7. The van der Waals surface area contributed by atoms with Crippen LogP contribution in [0.25, 0.3) is 0 Å². The summed E-state index contributed by atoms with van der Waals surface area (Å²) in [6, 6.07) is 11.1. The van der Waals surface area contributed by atoms with E-state index in [4.69, 9.17) is 0 Å². The minimum Gasteiger partial charge on any atom is -0.357 e. The highest BCUT2D eigenvalue weighted by atomic mass is 16.2. The second-order valence-corrected chi connectivity index (χ2v) is 6.01. The molecule has 1 fully saturated rings. The highest BCUT2D eigenvalue weighted by Crippen LogP contribution is 2.18. The molecule has 6 heteroatoms. The van der Waals surface area contributed by atoms with Crippen LogP contribution in [0.4, 0.5) is 16.3 Å². The van der Waals surface area contributed by atoms with Gasteiger partial charge in [-0.15, -0.1) is 0 Å². The number of benzene rings is 1. The Hall–Kier alpha value is -2.63. The minimum absolute atomic E-state index is 0.258. The average Bonchev–Trinajstić information content (AvgIpc) is 2.61. The number of anilines is 2. The van der Waals surface area contributed by atoms with E-state index in [1.54, 1.807) is 0 Å². The molecule has 0 unspecified atom stereocenters. The second kappa shape index (κ2) is 7.77. The fourth-order valence-electron chi connectivity index (χ4n) is 2.83. The zero-order valence-corrected chi connectivity index (χ0v) is 14.0. The van der Waals surface area contributed by atoms with Crippen molar-refractivity contribution in [2.45, 2.75) is 32.7 Å². The second-order valence-electron chi connectivity index (χ2n) is 6.01. The average molecular weight is 325 g/mol. The zero-order valence-electron chi connectivity index (χ0n) is 14.0. The first kappa shape index (κ1) is 16.2. The zero-order chi connectivity index (χ0) is 16.8. The molecule has 1 saturated heterocycles. The van der Waals surface area contributed by atoms with E-state index in [0.29, 0.717) is 12.4 Å². The van der Waals surface area contributed by atoms with Gasteiger partial charge in [-0.3, -0.25) is 0 Å². The fourth-order valence-corrected chi connectivity index (χ4v) is 2.83. The maximum absolute atomic E-state index is 12.0. The van der Waals surface area contributed by atoms with Gasteiger partial charge in [-0.25, -0.2) is 14.8 Å². The first-order valence-electron chi connectivity index (χ1n) is 8.40. The van der Waals surface area contributed by atoms with Crippen LogP contribution in [0.1, 0.15) is 30.8 Å². The topological polar surface area (TPSA) is 70.2 Å². The fraction of sp³-hybridized carbons (Fsp3) is 0.389. The number of carbonyl (C=O) groups excluding carboxylic acids is 1. The van der Waals surface area contributed by atoms with E-state index in [0.717, 1.165) is 30.3 Å². The Kier molecular flexibility index (Phi) is 5.25. The van der Waals surface area contributed by atoms with E-state index in [1.807, 2.05) is 43.3 Å². The highest BCUT2D eigenvalue weighted by molar-refractivity contribution is 5.89. The van der Waals surface area contributed by atoms with Crippen LogP contribution in [0.3, 0.4) is 0 Å². The van der Waals surface area contributed by atoms with E-state index in [-0.39, 0.29) is 6.03 Å². The van der Waals surface area contributed by atoms with E-state index in [1.165, 1.54) is 19.3 Å². The highest BCUT2D eigenvalue weighted by Gasteiger charge is 2.14. The number of hydrogen-bond donors (Lipinski definition) is 2. The van der Waals surface area contributed by atoms with Crippen LogP contribution >= 0.6 is 0 Å². The maximum atomic E-state index is 12.0. The van der Waals surface area contributed by atoms with E-state index >= 15 is 0 Å². The van der Waals surface area contributed by atoms with Gasteiger partial charge in [-0.05, 0) is 38.3 Å². The van der Waals surface area contributed by atoms with Gasteiger partial charge in [0.05, 0.1) is 6.54 Å². The Morgan fingerprint density at radius 2 is 1.88 bits per heavy atom. The Morgan fingerprint density at radius 1 is 1.12 bits per heavy atom. The summed E-state index contributed by atoms with van der Waals surface area (Å²) in [5.74, 6) is 1.60. The molecule has 1 aliphatic rings. The minimum atomic E-state index is -0.258. The van der Waals surface area contributed by atoms with Crippen molar-refractivity contribution in [1.82, 2.24) is 15.3 Å². The van der Waals surface area contributed by atoms with Gasteiger partial charge < -0.3 is 15.5 Å². The predicted molar refractivity (Wildman–Crippen MR) is 95.1 cm³/mol. The molecule has 0 radical (unpaired) electrons. The number of para-hydroxylation sites is 1. The number of aryl methyl sites for hydroxylation is 1. The van der Waals surface area contributed by atoms with E-state index < -0.39 is 0 Å². The molecule has 1 aromatic heterocycles. The van der Waals surface area contributed by atoms with Gasteiger partial charge in [0.1, 0.15) is 11.6 Å². The third-order valence-corrected chi connectivity index (χ3v) is 4.01. The van der Waals surface area contributed by atoms with Gasteiger partial charge in [0.2, 0.25) is 0 Å².